The van der Waals surface area contributed by atoms with Crippen LogP contribution in [-0.4, -0.2) is 20.6 Å². The molecule has 1 fully saturated rings. The van der Waals surface area contributed by atoms with Gasteiger partial charge in [0.15, 0.2) is 0 Å². The lowest BCUT2D eigenvalue weighted by atomic mass is 10.2. The van der Waals surface area contributed by atoms with E-state index in [1.165, 1.54) is 12.8 Å². The molecule has 1 aliphatic carbocycles. The second kappa shape index (κ2) is 4.31. The Morgan fingerprint density at radius 3 is 2.73 bits per heavy atom. The first-order valence-electron chi connectivity index (χ1n) is 5.38. The highest BCUT2D eigenvalue weighted by atomic mass is 35.5. The molecule has 82 valence electrons. The Labute approximate surface area is 96.2 Å². The van der Waals surface area contributed by atoms with E-state index in [4.69, 9.17) is 11.6 Å². The summed E-state index contributed by atoms with van der Waals surface area (Å²) in [6.07, 6.45) is 2.73. The standard InChI is InChI=1S/C12H17ClN2/c1-15(2)12-10(13)4-3-5-11(12)14-8-9-6-7-9/h3-5,9,14H,6-8H2,1-2H3. The number of benzene rings is 1. The Morgan fingerprint density at radius 1 is 1.40 bits per heavy atom. The van der Waals surface area contributed by atoms with E-state index in [1.54, 1.807) is 0 Å². The van der Waals surface area contributed by atoms with E-state index in [0.717, 1.165) is 28.9 Å². The van der Waals surface area contributed by atoms with Crippen LogP contribution in [0.3, 0.4) is 0 Å². The molecule has 1 saturated carbocycles. The van der Waals surface area contributed by atoms with E-state index in [9.17, 15) is 0 Å². The first-order valence-corrected chi connectivity index (χ1v) is 5.76. The lowest BCUT2D eigenvalue weighted by Crippen LogP contribution is -2.13. The maximum Gasteiger partial charge on any atom is 0.0786 e. The lowest BCUT2D eigenvalue weighted by molar-refractivity contribution is 0.888. The number of anilines is 2. The quantitative estimate of drug-likeness (QED) is 0.845. The van der Waals surface area contributed by atoms with Crippen LogP contribution in [0.25, 0.3) is 0 Å². The van der Waals surface area contributed by atoms with Crippen molar-refractivity contribution in [1.82, 2.24) is 0 Å². The summed E-state index contributed by atoms with van der Waals surface area (Å²) in [5, 5.41) is 4.28. The van der Waals surface area contributed by atoms with Crippen LogP contribution in [0.5, 0.6) is 0 Å². The molecule has 0 saturated heterocycles. The summed E-state index contributed by atoms with van der Waals surface area (Å²) in [5.41, 5.74) is 2.22. The van der Waals surface area contributed by atoms with Gasteiger partial charge in [-0.05, 0) is 30.9 Å². The van der Waals surface area contributed by atoms with Gasteiger partial charge in [0.2, 0.25) is 0 Å². The van der Waals surface area contributed by atoms with Crippen LogP contribution in [-0.2, 0) is 0 Å². The normalized spacial score (nSPS) is 15.1. The van der Waals surface area contributed by atoms with E-state index < -0.39 is 0 Å². The summed E-state index contributed by atoms with van der Waals surface area (Å²) in [6.45, 7) is 1.07. The van der Waals surface area contributed by atoms with Crippen molar-refractivity contribution in [2.75, 3.05) is 30.9 Å². The molecule has 0 aliphatic heterocycles. The number of rotatable bonds is 4. The third-order valence-corrected chi connectivity index (χ3v) is 3.02. The van der Waals surface area contributed by atoms with Crippen LogP contribution in [0.4, 0.5) is 11.4 Å². The molecule has 1 aromatic rings. The van der Waals surface area contributed by atoms with Gasteiger partial charge in [-0.1, -0.05) is 17.7 Å². The van der Waals surface area contributed by atoms with E-state index >= 15 is 0 Å². The van der Waals surface area contributed by atoms with Crippen molar-refractivity contribution < 1.29 is 0 Å². The van der Waals surface area contributed by atoms with Crippen LogP contribution in [0.15, 0.2) is 18.2 Å². The summed E-state index contributed by atoms with van der Waals surface area (Å²) in [4.78, 5) is 2.05. The van der Waals surface area contributed by atoms with Gasteiger partial charge in [0, 0.05) is 20.6 Å². The number of nitrogens with zero attached hydrogens (tertiary/aromatic N) is 1. The second-order valence-corrected chi connectivity index (χ2v) is 4.76. The zero-order chi connectivity index (χ0) is 10.8. The van der Waals surface area contributed by atoms with Gasteiger partial charge < -0.3 is 10.2 Å². The van der Waals surface area contributed by atoms with Gasteiger partial charge in [0.1, 0.15) is 0 Å². The Balaban J connectivity index is 2.15. The Bertz CT molecular complexity index is 345. The smallest absolute Gasteiger partial charge is 0.0786 e. The van der Waals surface area contributed by atoms with Crippen LogP contribution >= 0.6 is 11.6 Å². The Hall–Kier alpha value is -0.890. The average molecular weight is 225 g/mol. The number of hydrogen-bond donors (Lipinski definition) is 1. The predicted molar refractivity (Wildman–Crippen MR) is 67.0 cm³/mol. The summed E-state index contributed by atoms with van der Waals surface area (Å²) < 4.78 is 0. The van der Waals surface area contributed by atoms with Crippen molar-refractivity contribution in [3.05, 3.63) is 23.2 Å². The van der Waals surface area contributed by atoms with Crippen molar-refractivity contribution in [1.29, 1.82) is 0 Å². The number of para-hydroxylation sites is 1. The molecule has 0 heterocycles. The Kier molecular flexibility index (Phi) is 3.06. The van der Waals surface area contributed by atoms with Gasteiger partial charge in [-0.25, -0.2) is 0 Å². The third kappa shape index (κ3) is 2.57. The van der Waals surface area contributed by atoms with Gasteiger partial charge >= 0.3 is 0 Å². The molecule has 3 heteroatoms. The number of hydrogen-bond acceptors (Lipinski definition) is 2. The molecule has 0 unspecified atom stereocenters. The molecule has 1 N–H and O–H groups in total. The molecule has 2 nitrogen and oxygen atoms in total. The molecular formula is C12H17ClN2. The van der Waals surface area contributed by atoms with Crippen LogP contribution in [0.1, 0.15) is 12.8 Å². The molecular weight excluding hydrogens is 208 g/mol. The fourth-order valence-electron chi connectivity index (χ4n) is 1.69. The molecule has 0 radical (unpaired) electrons. The first kappa shape index (κ1) is 10.6. The first-order chi connectivity index (χ1) is 7.18. The monoisotopic (exact) mass is 224 g/mol. The predicted octanol–water partition coefficient (Wildman–Crippen LogP) is 3.23. The molecule has 0 amide bonds. The average Bonchev–Trinajstić information content (AvgIpc) is 2.97. The maximum absolute atomic E-state index is 6.17. The SMILES string of the molecule is CN(C)c1c(Cl)cccc1NCC1CC1. The molecule has 0 aromatic heterocycles. The highest BCUT2D eigenvalue weighted by Gasteiger charge is 2.21. The van der Waals surface area contributed by atoms with Gasteiger partial charge in [-0.3, -0.25) is 0 Å². The molecule has 0 spiro atoms. The molecule has 0 atom stereocenters. The molecule has 15 heavy (non-hydrogen) atoms. The fraction of sp³-hybridized carbons (Fsp3) is 0.500. The van der Waals surface area contributed by atoms with E-state index in [0.29, 0.717) is 0 Å². The van der Waals surface area contributed by atoms with Crippen molar-refractivity contribution in [2.24, 2.45) is 5.92 Å². The highest BCUT2D eigenvalue weighted by Crippen LogP contribution is 2.34. The summed E-state index contributed by atoms with van der Waals surface area (Å²) in [5.74, 6) is 0.874. The minimum atomic E-state index is 0.806. The minimum Gasteiger partial charge on any atom is -0.383 e. The molecule has 2 rings (SSSR count). The highest BCUT2D eigenvalue weighted by molar-refractivity contribution is 6.34. The van der Waals surface area contributed by atoms with E-state index in [1.807, 2.05) is 26.2 Å². The molecule has 0 bridgehead atoms. The minimum absolute atomic E-state index is 0.806. The zero-order valence-corrected chi connectivity index (χ0v) is 10.0. The molecule has 1 aliphatic rings. The van der Waals surface area contributed by atoms with Crippen molar-refractivity contribution in [2.45, 2.75) is 12.8 Å². The van der Waals surface area contributed by atoms with E-state index in [2.05, 4.69) is 16.3 Å². The second-order valence-electron chi connectivity index (χ2n) is 4.35. The van der Waals surface area contributed by atoms with Gasteiger partial charge in [0.05, 0.1) is 16.4 Å². The van der Waals surface area contributed by atoms with Crippen LogP contribution in [0.2, 0.25) is 5.02 Å². The lowest BCUT2D eigenvalue weighted by Gasteiger charge is -2.19. The topological polar surface area (TPSA) is 15.3 Å². The Morgan fingerprint density at radius 2 is 2.13 bits per heavy atom. The van der Waals surface area contributed by atoms with E-state index in [-0.39, 0.29) is 0 Å². The number of halogens is 1. The van der Waals surface area contributed by atoms with Gasteiger partial charge in [0.25, 0.3) is 0 Å². The summed E-state index contributed by atoms with van der Waals surface area (Å²) in [7, 11) is 4.03. The summed E-state index contributed by atoms with van der Waals surface area (Å²) in [6, 6.07) is 6.01. The van der Waals surface area contributed by atoms with Crippen molar-refractivity contribution >= 4 is 23.0 Å². The zero-order valence-electron chi connectivity index (χ0n) is 9.26. The largest absolute Gasteiger partial charge is 0.383 e. The number of nitrogens with one attached hydrogen (secondary N) is 1. The molecule has 1 aromatic carbocycles. The summed E-state index contributed by atoms with van der Waals surface area (Å²) >= 11 is 6.17. The van der Waals surface area contributed by atoms with Gasteiger partial charge in [-0.2, -0.15) is 0 Å². The third-order valence-electron chi connectivity index (χ3n) is 2.71. The fourth-order valence-corrected chi connectivity index (χ4v) is 2.03. The van der Waals surface area contributed by atoms with Gasteiger partial charge in [-0.15, -0.1) is 0 Å². The maximum atomic E-state index is 6.17. The van der Waals surface area contributed by atoms with Crippen molar-refractivity contribution in [3.8, 4) is 0 Å². The van der Waals surface area contributed by atoms with Crippen LogP contribution in [0, 0.1) is 5.92 Å². The van der Waals surface area contributed by atoms with Crippen molar-refractivity contribution in [3.63, 3.8) is 0 Å². The van der Waals surface area contributed by atoms with Crippen LogP contribution < -0.4 is 10.2 Å².